The fourth-order valence-electron chi connectivity index (χ4n) is 2.11. The van der Waals surface area contributed by atoms with Gasteiger partial charge in [0, 0.05) is 18.3 Å². The summed E-state index contributed by atoms with van der Waals surface area (Å²) in [6, 6.07) is 10.2. The lowest BCUT2D eigenvalue weighted by atomic mass is 10.1. The van der Waals surface area contributed by atoms with Crippen molar-refractivity contribution in [2.45, 2.75) is 19.1 Å². The van der Waals surface area contributed by atoms with E-state index in [4.69, 9.17) is 15.7 Å². The van der Waals surface area contributed by atoms with Gasteiger partial charge in [-0.15, -0.1) is 0 Å². The highest BCUT2D eigenvalue weighted by molar-refractivity contribution is 5.55. The van der Waals surface area contributed by atoms with E-state index < -0.39 is 0 Å². The van der Waals surface area contributed by atoms with Crippen LogP contribution in [0.2, 0.25) is 0 Å². The van der Waals surface area contributed by atoms with Crippen molar-refractivity contribution in [3.05, 3.63) is 29.8 Å². The van der Waals surface area contributed by atoms with Gasteiger partial charge in [0.05, 0.1) is 19.2 Å². The lowest BCUT2D eigenvalue weighted by Gasteiger charge is -2.33. The maximum Gasteiger partial charge on any atom is 0.161 e. The summed E-state index contributed by atoms with van der Waals surface area (Å²) in [7, 11) is 0. The molecule has 2 atom stereocenters. The Morgan fingerprint density at radius 1 is 1.53 bits per heavy atom. The number of morpholine rings is 1. The summed E-state index contributed by atoms with van der Waals surface area (Å²) in [5.41, 5.74) is 8.20. The maximum absolute atomic E-state index is 8.91. The van der Waals surface area contributed by atoms with Crippen LogP contribution in [0, 0.1) is 11.3 Å². The molecule has 1 aromatic rings. The third-order valence-electron chi connectivity index (χ3n) is 2.98. The fraction of sp³-hybridized carbons (Fsp3) is 0.462. The van der Waals surface area contributed by atoms with Gasteiger partial charge in [0.2, 0.25) is 0 Å². The molecule has 1 fully saturated rings. The molecule has 1 aliphatic heterocycles. The number of rotatable bonds is 2. The van der Waals surface area contributed by atoms with Crippen molar-refractivity contribution in [1.29, 1.82) is 5.26 Å². The highest BCUT2D eigenvalue weighted by atomic mass is 16.5. The Labute approximate surface area is 102 Å². The third kappa shape index (κ3) is 2.57. The minimum atomic E-state index is -0.343. The number of hydrogen-bond donors (Lipinski definition) is 1. The second-order valence-corrected chi connectivity index (χ2v) is 4.28. The van der Waals surface area contributed by atoms with Crippen molar-refractivity contribution in [2.24, 2.45) is 5.73 Å². The van der Waals surface area contributed by atoms with Crippen LogP contribution in [0.15, 0.2) is 24.3 Å². The molecule has 0 radical (unpaired) electrons. The van der Waals surface area contributed by atoms with Gasteiger partial charge < -0.3 is 15.4 Å². The Morgan fingerprint density at radius 2 is 2.29 bits per heavy atom. The van der Waals surface area contributed by atoms with Crippen LogP contribution < -0.4 is 10.6 Å². The largest absolute Gasteiger partial charge is 0.365 e. The summed E-state index contributed by atoms with van der Waals surface area (Å²) < 4.78 is 5.35. The molecular formula is C13H17N3O. The first-order valence-corrected chi connectivity index (χ1v) is 5.83. The second-order valence-electron chi connectivity index (χ2n) is 4.28. The zero-order valence-electron chi connectivity index (χ0n) is 9.97. The van der Waals surface area contributed by atoms with Crippen LogP contribution in [0.4, 0.5) is 5.69 Å². The number of hydrogen-bond acceptors (Lipinski definition) is 4. The highest BCUT2D eigenvalue weighted by Crippen LogP contribution is 2.26. The van der Waals surface area contributed by atoms with E-state index in [2.05, 4.69) is 17.0 Å². The van der Waals surface area contributed by atoms with Gasteiger partial charge in [-0.05, 0) is 18.6 Å². The minimum absolute atomic E-state index is 0.00502. The Bertz CT molecular complexity index is 425. The smallest absolute Gasteiger partial charge is 0.161 e. The Morgan fingerprint density at radius 3 is 3.00 bits per heavy atom. The van der Waals surface area contributed by atoms with Gasteiger partial charge in [0.15, 0.2) is 6.10 Å². The summed E-state index contributed by atoms with van der Waals surface area (Å²) in [6.07, 6.45) is -0.343. The van der Waals surface area contributed by atoms with Gasteiger partial charge in [-0.25, -0.2) is 0 Å². The van der Waals surface area contributed by atoms with Crippen LogP contribution in [-0.2, 0) is 4.74 Å². The molecule has 0 saturated carbocycles. The molecule has 90 valence electrons. The van der Waals surface area contributed by atoms with Gasteiger partial charge in [0.1, 0.15) is 0 Å². The summed E-state index contributed by atoms with van der Waals surface area (Å²) >= 11 is 0. The number of para-hydroxylation sites is 1. The van der Waals surface area contributed by atoms with Crippen molar-refractivity contribution in [3.8, 4) is 6.07 Å². The molecule has 1 unspecified atom stereocenters. The van der Waals surface area contributed by atoms with Crippen molar-refractivity contribution in [2.75, 3.05) is 24.6 Å². The molecule has 2 N–H and O–H groups in total. The van der Waals surface area contributed by atoms with E-state index >= 15 is 0 Å². The van der Waals surface area contributed by atoms with Crippen molar-refractivity contribution >= 4 is 5.69 Å². The summed E-state index contributed by atoms with van der Waals surface area (Å²) in [5, 5.41) is 8.91. The molecule has 0 amide bonds. The molecule has 0 aliphatic carbocycles. The molecule has 17 heavy (non-hydrogen) atoms. The van der Waals surface area contributed by atoms with E-state index in [1.165, 1.54) is 0 Å². The van der Waals surface area contributed by atoms with Crippen molar-refractivity contribution < 1.29 is 4.74 Å². The topological polar surface area (TPSA) is 62.3 Å². The number of benzene rings is 1. The second kappa shape index (κ2) is 5.17. The van der Waals surface area contributed by atoms with Gasteiger partial charge in [-0.3, -0.25) is 0 Å². The van der Waals surface area contributed by atoms with Crippen LogP contribution in [0.5, 0.6) is 0 Å². The number of ether oxygens (including phenoxy) is 1. The van der Waals surface area contributed by atoms with Crippen LogP contribution in [0.25, 0.3) is 0 Å². The molecule has 1 saturated heterocycles. The van der Waals surface area contributed by atoms with Gasteiger partial charge in [-0.2, -0.15) is 5.26 Å². The first-order valence-electron chi connectivity index (χ1n) is 5.83. The Balaban J connectivity index is 2.25. The molecule has 4 nitrogen and oxygen atoms in total. The van der Waals surface area contributed by atoms with Gasteiger partial charge >= 0.3 is 0 Å². The lowest BCUT2D eigenvalue weighted by Crippen LogP contribution is -2.42. The van der Waals surface area contributed by atoms with E-state index in [9.17, 15) is 0 Å². The predicted molar refractivity (Wildman–Crippen MR) is 66.6 cm³/mol. The third-order valence-corrected chi connectivity index (χ3v) is 2.98. The number of anilines is 1. The normalized spacial score (nSPS) is 21.9. The molecule has 0 bridgehead atoms. The summed E-state index contributed by atoms with van der Waals surface area (Å²) in [4.78, 5) is 2.18. The van der Waals surface area contributed by atoms with Gasteiger partial charge in [0.25, 0.3) is 0 Å². The zero-order valence-corrected chi connectivity index (χ0v) is 9.97. The van der Waals surface area contributed by atoms with E-state index in [0.717, 1.165) is 17.8 Å². The number of nitrogens with zero attached hydrogens (tertiary/aromatic N) is 2. The minimum Gasteiger partial charge on any atom is -0.365 e. The Kier molecular flexibility index (Phi) is 3.62. The first-order chi connectivity index (χ1) is 8.22. The average Bonchev–Trinajstić information content (AvgIpc) is 2.39. The van der Waals surface area contributed by atoms with Crippen molar-refractivity contribution in [3.63, 3.8) is 0 Å². The Hall–Kier alpha value is -1.57. The van der Waals surface area contributed by atoms with Crippen LogP contribution >= 0.6 is 0 Å². The molecule has 0 aromatic heterocycles. The van der Waals surface area contributed by atoms with E-state index in [1.54, 1.807) is 0 Å². The van der Waals surface area contributed by atoms with Crippen molar-refractivity contribution in [1.82, 2.24) is 0 Å². The van der Waals surface area contributed by atoms with E-state index in [0.29, 0.717) is 13.2 Å². The SMILES string of the molecule is C[C@@H](N)c1ccccc1N1CCOC(C#N)C1. The molecule has 0 spiro atoms. The average molecular weight is 231 g/mol. The molecule has 2 rings (SSSR count). The molecular weight excluding hydrogens is 214 g/mol. The molecule has 1 heterocycles. The standard InChI is InChI=1S/C13H17N3O/c1-10(15)12-4-2-3-5-13(12)16-6-7-17-11(8-14)9-16/h2-5,10-11H,6-7,9,15H2,1H3/t10-,11?/m1/s1. The van der Waals surface area contributed by atoms with E-state index in [-0.39, 0.29) is 12.1 Å². The highest BCUT2D eigenvalue weighted by Gasteiger charge is 2.22. The van der Waals surface area contributed by atoms with Gasteiger partial charge in [-0.1, -0.05) is 18.2 Å². The summed E-state index contributed by atoms with van der Waals surface area (Å²) in [5.74, 6) is 0. The van der Waals surface area contributed by atoms with Crippen LogP contribution in [0.1, 0.15) is 18.5 Å². The molecule has 1 aromatic carbocycles. The van der Waals surface area contributed by atoms with Crippen LogP contribution in [0.3, 0.4) is 0 Å². The quantitative estimate of drug-likeness (QED) is 0.836. The lowest BCUT2D eigenvalue weighted by molar-refractivity contribution is 0.0764. The summed E-state index contributed by atoms with van der Waals surface area (Å²) in [6.45, 7) is 3.98. The zero-order chi connectivity index (χ0) is 12.3. The van der Waals surface area contributed by atoms with Crippen LogP contribution in [-0.4, -0.2) is 25.8 Å². The first kappa shape index (κ1) is 11.9. The molecule has 4 heteroatoms. The monoisotopic (exact) mass is 231 g/mol. The fourth-order valence-corrected chi connectivity index (χ4v) is 2.11. The maximum atomic E-state index is 8.91. The predicted octanol–water partition coefficient (Wildman–Crippen LogP) is 1.44. The number of nitriles is 1. The number of nitrogens with two attached hydrogens (primary N) is 1. The van der Waals surface area contributed by atoms with E-state index in [1.807, 2.05) is 25.1 Å². The molecule has 1 aliphatic rings.